The molecule has 0 aliphatic carbocycles. The van der Waals surface area contributed by atoms with Crippen LogP contribution >= 0.6 is 0 Å². The van der Waals surface area contributed by atoms with Crippen molar-refractivity contribution in [1.29, 1.82) is 0 Å². The summed E-state index contributed by atoms with van der Waals surface area (Å²) >= 11 is 0. The second-order valence-corrected chi connectivity index (χ2v) is 4.49. The Morgan fingerprint density at radius 1 is 1.55 bits per heavy atom. The third-order valence-electron chi connectivity index (χ3n) is 2.96. The minimum atomic E-state index is -0.921. The number of amides is 1. The average Bonchev–Trinajstić information content (AvgIpc) is 2.45. The van der Waals surface area contributed by atoms with Crippen molar-refractivity contribution >= 4 is 18.0 Å². The van der Waals surface area contributed by atoms with E-state index in [1.54, 1.807) is 29.4 Å². The number of carbonyl (C=O) groups excluding carboxylic acids is 1. The third kappa shape index (κ3) is 4.17. The lowest BCUT2D eigenvalue weighted by Crippen LogP contribution is -2.45. The number of nitrogens with zero attached hydrogens (tertiary/aromatic N) is 2. The van der Waals surface area contributed by atoms with Crippen molar-refractivity contribution in [1.82, 2.24) is 9.88 Å². The molecule has 6 heteroatoms. The van der Waals surface area contributed by atoms with Gasteiger partial charge >= 0.3 is 5.97 Å². The molecule has 1 aromatic heterocycles. The van der Waals surface area contributed by atoms with E-state index in [4.69, 9.17) is 9.84 Å². The van der Waals surface area contributed by atoms with Crippen molar-refractivity contribution in [3.63, 3.8) is 0 Å². The Labute approximate surface area is 116 Å². The van der Waals surface area contributed by atoms with Crippen molar-refractivity contribution in [2.24, 2.45) is 0 Å². The van der Waals surface area contributed by atoms with E-state index in [1.165, 1.54) is 6.08 Å². The lowest BCUT2D eigenvalue weighted by Gasteiger charge is -2.31. The van der Waals surface area contributed by atoms with Gasteiger partial charge in [-0.15, -0.1) is 0 Å². The summed E-state index contributed by atoms with van der Waals surface area (Å²) in [5, 5.41) is 8.74. The Balaban J connectivity index is 1.92. The molecule has 0 aromatic carbocycles. The first-order valence-corrected chi connectivity index (χ1v) is 6.35. The molecule has 1 atom stereocenters. The SMILES string of the molecule is O=C(O)C[C@@H]1CN(C(=O)/C=C/c2cccnc2)CCO1. The van der Waals surface area contributed by atoms with Gasteiger partial charge in [0.05, 0.1) is 19.1 Å². The van der Waals surface area contributed by atoms with Gasteiger partial charge in [-0.1, -0.05) is 6.07 Å². The molecule has 6 nitrogen and oxygen atoms in total. The van der Waals surface area contributed by atoms with Gasteiger partial charge in [0.25, 0.3) is 0 Å². The van der Waals surface area contributed by atoms with E-state index in [1.807, 2.05) is 6.07 Å². The molecule has 1 fully saturated rings. The summed E-state index contributed by atoms with van der Waals surface area (Å²) in [6.45, 7) is 1.15. The summed E-state index contributed by atoms with van der Waals surface area (Å²) in [6, 6.07) is 3.64. The zero-order valence-corrected chi connectivity index (χ0v) is 10.9. The Morgan fingerprint density at radius 3 is 3.10 bits per heavy atom. The van der Waals surface area contributed by atoms with E-state index in [0.29, 0.717) is 19.7 Å². The van der Waals surface area contributed by atoms with Gasteiger partial charge in [-0.05, 0) is 17.7 Å². The predicted molar refractivity (Wildman–Crippen MR) is 71.8 cm³/mol. The van der Waals surface area contributed by atoms with Gasteiger partial charge in [0.1, 0.15) is 0 Å². The van der Waals surface area contributed by atoms with Crippen LogP contribution in [0.5, 0.6) is 0 Å². The normalized spacial score (nSPS) is 19.2. The number of hydrogen-bond acceptors (Lipinski definition) is 4. The van der Waals surface area contributed by atoms with Gasteiger partial charge in [-0.2, -0.15) is 0 Å². The molecule has 1 saturated heterocycles. The summed E-state index contributed by atoms with van der Waals surface area (Å²) in [7, 11) is 0. The Morgan fingerprint density at radius 2 is 2.40 bits per heavy atom. The summed E-state index contributed by atoms with van der Waals surface area (Å²) in [6.07, 6.45) is 5.97. The molecular weight excluding hydrogens is 260 g/mol. The molecule has 1 aliphatic heterocycles. The number of ether oxygens (including phenoxy) is 1. The third-order valence-corrected chi connectivity index (χ3v) is 2.96. The molecule has 1 N–H and O–H groups in total. The maximum absolute atomic E-state index is 12.0. The lowest BCUT2D eigenvalue weighted by molar-refractivity contribution is -0.145. The van der Waals surface area contributed by atoms with Gasteiger partial charge < -0.3 is 14.7 Å². The van der Waals surface area contributed by atoms with Crippen LogP contribution in [0.1, 0.15) is 12.0 Å². The van der Waals surface area contributed by atoms with Crippen LogP contribution in [0.25, 0.3) is 6.08 Å². The summed E-state index contributed by atoms with van der Waals surface area (Å²) in [5.41, 5.74) is 0.844. The van der Waals surface area contributed by atoms with Gasteiger partial charge in [0.15, 0.2) is 0 Å². The molecule has 0 unspecified atom stereocenters. The summed E-state index contributed by atoms with van der Waals surface area (Å²) in [4.78, 5) is 28.2. The first-order valence-electron chi connectivity index (χ1n) is 6.35. The summed E-state index contributed by atoms with van der Waals surface area (Å²) < 4.78 is 5.32. The van der Waals surface area contributed by atoms with Crippen molar-refractivity contribution < 1.29 is 19.4 Å². The number of rotatable bonds is 4. The predicted octanol–water partition coefficient (Wildman–Crippen LogP) is 0.797. The van der Waals surface area contributed by atoms with Crippen LogP contribution in [0.15, 0.2) is 30.6 Å². The molecule has 0 bridgehead atoms. The van der Waals surface area contributed by atoms with E-state index < -0.39 is 12.1 Å². The zero-order valence-electron chi connectivity index (χ0n) is 10.9. The Hall–Kier alpha value is -2.21. The number of hydrogen-bond donors (Lipinski definition) is 1. The fourth-order valence-electron chi connectivity index (χ4n) is 1.99. The minimum absolute atomic E-state index is 0.0872. The Bertz CT molecular complexity index is 501. The molecule has 1 aliphatic rings. The van der Waals surface area contributed by atoms with E-state index >= 15 is 0 Å². The van der Waals surface area contributed by atoms with Crippen LogP contribution in [0.2, 0.25) is 0 Å². The highest BCUT2D eigenvalue weighted by Gasteiger charge is 2.24. The van der Waals surface area contributed by atoms with Crippen molar-refractivity contribution in [3.05, 3.63) is 36.2 Å². The molecule has 2 heterocycles. The number of carbonyl (C=O) groups is 2. The highest BCUT2D eigenvalue weighted by Crippen LogP contribution is 2.10. The molecular formula is C14H16N2O4. The molecule has 20 heavy (non-hydrogen) atoms. The van der Waals surface area contributed by atoms with Crippen LogP contribution in [-0.4, -0.2) is 52.7 Å². The molecule has 0 spiro atoms. The minimum Gasteiger partial charge on any atom is -0.481 e. The topological polar surface area (TPSA) is 79.7 Å². The second kappa shape index (κ2) is 6.81. The van der Waals surface area contributed by atoms with E-state index in [2.05, 4.69) is 4.98 Å². The van der Waals surface area contributed by atoms with Gasteiger partial charge in [-0.25, -0.2) is 0 Å². The molecule has 2 rings (SSSR count). The van der Waals surface area contributed by atoms with Gasteiger partial charge in [0.2, 0.25) is 5.91 Å². The quantitative estimate of drug-likeness (QED) is 0.823. The first kappa shape index (κ1) is 14.2. The number of aliphatic carboxylic acids is 1. The van der Waals surface area contributed by atoms with Crippen LogP contribution in [0, 0.1) is 0 Å². The zero-order chi connectivity index (χ0) is 14.4. The second-order valence-electron chi connectivity index (χ2n) is 4.49. The smallest absolute Gasteiger partial charge is 0.306 e. The number of carboxylic acids is 1. The van der Waals surface area contributed by atoms with E-state index in [9.17, 15) is 9.59 Å². The Kier molecular flexibility index (Phi) is 4.84. The highest BCUT2D eigenvalue weighted by atomic mass is 16.5. The fourth-order valence-corrected chi connectivity index (χ4v) is 1.99. The highest BCUT2D eigenvalue weighted by molar-refractivity contribution is 5.91. The van der Waals surface area contributed by atoms with Crippen LogP contribution in [0.3, 0.4) is 0 Å². The molecule has 0 radical (unpaired) electrons. The number of aromatic nitrogens is 1. The van der Waals surface area contributed by atoms with Crippen LogP contribution in [0.4, 0.5) is 0 Å². The maximum atomic E-state index is 12.0. The standard InChI is InChI=1S/C14H16N2O4/c17-13(4-3-11-2-1-5-15-9-11)16-6-7-20-12(10-16)8-14(18)19/h1-5,9,12H,6-8,10H2,(H,18,19)/b4-3+/t12-/m1/s1. The van der Waals surface area contributed by atoms with E-state index in [0.717, 1.165) is 5.56 Å². The van der Waals surface area contributed by atoms with Gasteiger partial charge in [0, 0.05) is 31.6 Å². The number of carboxylic acid groups (broad SMARTS) is 1. The number of morpholine rings is 1. The summed E-state index contributed by atoms with van der Waals surface area (Å²) in [5.74, 6) is -1.07. The van der Waals surface area contributed by atoms with E-state index in [-0.39, 0.29) is 12.3 Å². The molecule has 106 valence electrons. The maximum Gasteiger partial charge on any atom is 0.306 e. The number of pyridine rings is 1. The van der Waals surface area contributed by atoms with Crippen molar-refractivity contribution in [3.8, 4) is 0 Å². The van der Waals surface area contributed by atoms with Crippen LogP contribution < -0.4 is 0 Å². The monoisotopic (exact) mass is 276 g/mol. The van der Waals surface area contributed by atoms with Crippen molar-refractivity contribution in [2.75, 3.05) is 19.7 Å². The van der Waals surface area contributed by atoms with Crippen LogP contribution in [-0.2, 0) is 14.3 Å². The lowest BCUT2D eigenvalue weighted by atomic mass is 10.2. The molecule has 0 saturated carbocycles. The average molecular weight is 276 g/mol. The van der Waals surface area contributed by atoms with Crippen molar-refractivity contribution in [2.45, 2.75) is 12.5 Å². The van der Waals surface area contributed by atoms with Gasteiger partial charge in [-0.3, -0.25) is 14.6 Å². The largest absolute Gasteiger partial charge is 0.481 e. The molecule has 1 amide bonds. The fraction of sp³-hybridized carbons (Fsp3) is 0.357. The first-order chi connectivity index (χ1) is 9.65. The molecule has 1 aromatic rings.